The molecule has 0 spiro atoms. The number of hydrogen-bond acceptors (Lipinski definition) is 7. The Bertz CT molecular complexity index is 774. The van der Waals surface area contributed by atoms with E-state index in [0.29, 0.717) is 12.3 Å². The third-order valence-corrected chi connectivity index (χ3v) is 7.28. The van der Waals surface area contributed by atoms with E-state index in [9.17, 15) is 14.7 Å². The number of nitrogens with one attached hydrogen (secondary N) is 1. The van der Waals surface area contributed by atoms with Crippen LogP contribution in [-0.4, -0.2) is 40.6 Å². The van der Waals surface area contributed by atoms with E-state index in [1.165, 1.54) is 0 Å². The Labute approximate surface area is 196 Å². The quantitative estimate of drug-likeness (QED) is 0.619. The monoisotopic (exact) mass is 464 g/mol. The molecule has 1 fully saturated rings. The van der Waals surface area contributed by atoms with E-state index in [2.05, 4.69) is 17.2 Å². The number of aliphatic hydroxyl groups is 1. The van der Waals surface area contributed by atoms with Crippen molar-refractivity contribution in [2.75, 3.05) is 6.61 Å². The van der Waals surface area contributed by atoms with Crippen LogP contribution >= 0.6 is 11.3 Å². The van der Waals surface area contributed by atoms with Gasteiger partial charge in [-0.15, -0.1) is 11.3 Å². The van der Waals surface area contributed by atoms with Crippen LogP contribution in [0, 0.1) is 24.2 Å². The van der Waals surface area contributed by atoms with E-state index in [4.69, 9.17) is 4.74 Å². The van der Waals surface area contributed by atoms with Gasteiger partial charge in [-0.1, -0.05) is 47.0 Å². The number of aliphatic hydroxyl groups excluding tert-OH is 1. The zero-order valence-corrected chi connectivity index (χ0v) is 21.0. The Kier molecular flexibility index (Phi) is 10.4. The molecule has 1 aliphatic rings. The highest BCUT2D eigenvalue weighted by Gasteiger charge is 2.39. The SMILES string of the molecule is Cc1nc(/C=C\N[C@H]2CCCC[C@H](C)C[C@@H](C)C(=O)C(C)(C)C(O)CC(=O)OCC2)cs1. The van der Waals surface area contributed by atoms with Gasteiger partial charge in [0.2, 0.25) is 0 Å². The number of carbonyl (C=O) groups is 2. The molecule has 2 heterocycles. The van der Waals surface area contributed by atoms with E-state index in [1.807, 2.05) is 31.5 Å². The zero-order chi connectivity index (χ0) is 23.7. The summed E-state index contributed by atoms with van der Waals surface area (Å²) in [6, 6.07) is 0.198. The molecular weight excluding hydrogens is 424 g/mol. The molecule has 0 aliphatic carbocycles. The average molecular weight is 465 g/mol. The van der Waals surface area contributed by atoms with Gasteiger partial charge in [-0.3, -0.25) is 9.59 Å². The number of aryl methyl sites for hydroxylation is 1. The minimum atomic E-state index is -1.05. The van der Waals surface area contributed by atoms with Crippen molar-refractivity contribution >= 4 is 29.2 Å². The summed E-state index contributed by atoms with van der Waals surface area (Å²) in [5.41, 5.74) is -0.0354. The van der Waals surface area contributed by atoms with Gasteiger partial charge in [0.15, 0.2) is 0 Å². The number of cyclic esters (lactones) is 1. The fourth-order valence-corrected chi connectivity index (χ4v) is 4.92. The molecule has 0 amide bonds. The predicted molar refractivity (Wildman–Crippen MR) is 129 cm³/mol. The number of Topliss-reactive ketones (excluding diaryl/α,β-unsaturated/α-hetero) is 1. The summed E-state index contributed by atoms with van der Waals surface area (Å²) in [6.45, 7) is 9.86. The van der Waals surface area contributed by atoms with Crippen molar-refractivity contribution in [2.24, 2.45) is 17.3 Å². The third-order valence-electron chi connectivity index (χ3n) is 6.48. The summed E-state index contributed by atoms with van der Waals surface area (Å²) >= 11 is 1.62. The molecule has 0 aromatic carbocycles. The van der Waals surface area contributed by atoms with Crippen LogP contribution in [0.2, 0.25) is 0 Å². The van der Waals surface area contributed by atoms with Crippen molar-refractivity contribution in [1.29, 1.82) is 0 Å². The first kappa shape index (κ1) is 26.5. The second-order valence-corrected chi connectivity index (χ2v) is 10.9. The van der Waals surface area contributed by atoms with Gasteiger partial charge < -0.3 is 15.2 Å². The van der Waals surface area contributed by atoms with Crippen molar-refractivity contribution in [3.05, 3.63) is 22.3 Å². The fourth-order valence-electron chi connectivity index (χ4n) is 4.34. The second-order valence-electron chi connectivity index (χ2n) is 9.83. The predicted octanol–water partition coefficient (Wildman–Crippen LogP) is 4.90. The standard InChI is InChI=1S/C25H40N2O4S/c1-17-8-6-7-9-20(26-12-10-21-16-32-19(3)27-21)11-13-31-23(29)15-22(28)25(4,5)24(30)18(2)14-17/h10,12,16-18,20,22,26,28H,6-9,11,13-15H2,1-5H3/b12-10-/t17-,18+,20-,22?/m0/s1. The minimum absolute atomic E-state index is 0.0168. The average Bonchev–Trinajstić information content (AvgIpc) is 3.14. The van der Waals surface area contributed by atoms with Crippen LogP contribution in [0.15, 0.2) is 11.6 Å². The molecule has 2 N–H and O–H groups in total. The van der Waals surface area contributed by atoms with E-state index < -0.39 is 17.5 Å². The number of aromatic nitrogens is 1. The van der Waals surface area contributed by atoms with Crippen LogP contribution in [0.4, 0.5) is 0 Å². The van der Waals surface area contributed by atoms with Crippen molar-refractivity contribution in [3.8, 4) is 0 Å². The van der Waals surface area contributed by atoms with Crippen molar-refractivity contribution in [3.63, 3.8) is 0 Å². The highest BCUT2D eigenvalue weighted by atomic mass is 32.1. The van der Waals surface area contributed by atoms with Crippen molar-refractivity contribution in [2.45, 2.75) is 91.7 Å². The molecular formula is C25H40N2O4S. The number of nitrogens with zero attached hydrogens (tertiary/aromatic N) is 1. The number of thiazole rings is 1. The van der Waals surface area contributed by atoms with Crippen LogP contribution in [-0.2, 0) is 14.3 Å². The fraction of sp³-hybridized carbons (Fsp3) is 0.720. The number of ether oxygens (including phenoxy) is 1. The molecule has 32 heavy (non-hydrogen) atoms. The van der Waals surface area contributed by atoms with E-state index in [0.717, 1.165) is 42.8 Å². The van der Waals surface area contributed by atoms with Gasteiger partial charge in [-0.2, -0.15) is 0 Å². The van der Waals surface area contributed by atoms with Gasteiger partial charge >= 0.3 is 5.97 Å². The molecule has 6 nitrogen and oxygen atoms in total. The van der Waals surface area contributed by atoms with E-state index in [-0.39, 0.29) is 30.8 Å². The van der Waals surface area contributed by atoms with Gasteiger partial charge in [0.1, 0.15) is 5.78 Å². The summed E-state index contributed by atoms with van der Waals surface area (Å²) < 4.78 is 5.40. The topological polar surface area (TPSA) is 88.5 Å². The molecule has 1 aromatic rings. The Morgan fingerprint density at radius 3 is 2.62 bits per heavy atom. The van der Waals surface area contributed by atoms with Crippen LogP contribution in [0.5, 0.6) is 0 Å². The molecule has 180 valence electrons. The summed E-state index contributed by atoms with van der Waals surface area (Å²) in [6.07, 6.45) is 8.41. The molecule has 2 rings (SSSR count). The Morgan fingerprint density at radius 2 is 1.94 bits per heavy atom. The maximum absolute atomic E-state index is 12.9. The molecule has 1 aromatic heterocycles. The first-order chi connectivity index (χ1) is 15.1. The lowest BCUT2D eigenvalue weighted by atomic mass is 9.74. The lowest BCUT2D eigenvalue weighted by molar-refractivity contribution is -0.150. The summed E-state index contributed by atoms with van der Waals surface area (Å²) in [4.78, 5) is 29.7. The maximum Gasteiger partial charge on any atom is 0.308 e. The van der Waals surface area contributed by atoms with Gasteiger partial charge in [-0.05, 0) is 38.0 Å². The summed E-state index contributed by atoms with van der Waals surface area (Å²) in [5.74, 6) is -0.145. The molecule has 0 bridgehead atoms. The molecule has 0 saturated carbocycles. The highest BCUT2D eigenvalue weighted by Crippen LogP contribution is 2.31. The van der Waals surface area contributed by atoms with Crippen LogP contribution in [0.3, 0.4) is 0 Å². The molecule has 1 unspecified atom stereocenters. The lowest BCUT2D eigenvalue weighted by Crippen LogP contribution is -2.42. The Morgan fingerprint density at radius 1 is 1.22 bits per heavy atom. The number of carbonyl (C=O) groups excluding carboxylic acids is 2. The Hall–Kier alpha value is -1.73. The smallest absolute Gasteiger partial charge is 0.308 e. The number of esters is 1. The number of rotatable bonds is 3. The van der Waals surface area contributed by atoms with Gasteiger partial charge in [-0.25, -0.2) is 4.98 Å². The normalized spacial score (nSPS) is 29.1. The van der Waals surface area contributed by atoms with Gasteiger partial charge in [0.05, 0.1) is 35.2 Å². The lowest BCUT2D eigenvalue weighted by Gasteiger charge is -2.32. The van der Waals surface area contributed by atoms with E-state index >= 15 is 0 Å². The highest BCUT2D eigenvalue weighted by molar-refractivity contribution is 7.09. The molecule has 1 saturated heterocycles. The Balaban J connectivity index is 2.01. The second kappa shape index (κ2) is 12.5. The van der Waals surface area contributed by atoms with Gasteiger partial charge in [0, 0.05) is 23.8 Å². The first-order valence-corrected chi connectivity index (χ1v) is 12.7. The van der Waals surface area contributed by atoms with Gasteiger partial charge in [0.25, 0.3) is 0 Å². The van der Waals surface area contributed by atoms with Crippen molar-refractivity contribution < 1.29 is 19.4 Å². The minimum Gasteiger partial charge on any atom is -0.466 e. The summed E-state index contributed by atoms with van der Waals surface area (Å²) in [7, 11) is 0. The number of ketones is 1. The van der Waals surface area contributed by atoms with Crippen molar-refractivity contribution in [1.82, 2.24) is 10.3 Å². The first-order valence-electron chi connectivity index (χ1n) is 11.8. The molecule has 0 radical (unpaired) electrons. The number of hydrogen-bond donors (Lipinski definition) is 2. The van der Waals surface area contributed by atoms with Crippen LogP contribution in [0.1, 0.15) is 83.3 Å². The largest absolute Gasteiger partial charge is 0.466 e. The zero-order valence-electron chi connectivity index (χ0n) is 20.2. The molecule has 1 aliphatic heterocycles. The molecule has 4 atom stereocenters. The van der Waals surface area contributed by atoms with E-state index in [1.54, 1.807) is 25.2 Å². The van der Waals surface area contributed by atoms with Crippen LogP contribution < -0.4 is 5.32 Å². The van der Waals surface area contributed by atoms with Crippen LogP contribution in [0.25, 0.3) is 6.08 Å². The summed E-state index contributed by atoms with van der Waals surface area (Å²) in [5, 5.41) is 17.1. The molecule has 7 heteroatoms. The maximum atomic E-state index is 12.9. The third kappa shape index (κ3) is 8.32.